The topological polar surface area (TPSA) is 18.5 Å². The fourth-order valence-corrected chi connectivity index (χ4v) is 2.59. The van der Waals surface area contributed by atoms with Crippen LogP contribution in [0.4, 0.5) is 13.2 Å². The van der Waals surface area contributed by atoms with Gasteiger partial charge < -0.3 is 10.2 Å². The van der Waals surface area contributed by atoms with Gasteiger partial charge in [0, 0.05) is 32.2 Å². The second-order valence-corrected chi connectivity index (χ2v) is 5.68. The van der Waals surface area contributed by atoms with Crippen molar-refractivity contribution < 1.29 is 13.2 Å². The maximum atomic E-state index is 12.7. The minimum Gasteiger partial charge on any atom is -0.320 e. The largest absolute Gasteiger partial charge is 0.416 e. The van der Waals surface area contributed by atoms with E-state index in [-0.39, 0.29) is 6.04 Å². The van der Waals surface area contributed by atoms with Crippen molar-refractivity contribution in [3.05, 3.63) is 23.8 Å². The van der Waals surface area contributed by atoms with Gasteiger partial charge in [0.25, 0.3) is 0 Å². The van der Waals surface area contributed by atoms with E-state index in [4.69, 9.17) is 0 Å². The van der Waals surface area contributed by atoms with E-state index < -0.39 is 11.7 Å². The van der Waals surface area contributed by atoms with Gasteiger partial charge in [-0.15, -0.1) is 0 Å². The summed E-state index contributed by atoms with van der Waals surface area (Å²) in [5, 5.41) is 3.14. The van der Waals surface area contributed by atoms with Crippen molar-refractivity contribution in [1.29, 1.82) is 0 Å². The van der Waals surface area contributed by atoms with Crippen molar-refractivity contribution in [2.75, 3.05) is 46.3 Å². The second kappa shape index (κ2) is 9.33. The lowest BCUT2D eigenvalue weighted by Gasteiger charge is -2.37. The molecule has 0 bridgehead atoms. The van der Waals surface area contributed by atoms with Crippen LogP contribution in [-0.2, 0) is 0 Å². The third kappa shape index (κ3) is 6.50. The Bertz CT molecular complexity index is 369. The van der Waals surface area contributed by atoms with Crippen molar-refractivity contribution in [2.24, 2.45) is 0 Å². The molecule has 0 aromatic rings. The molecular weight excluding hydrogens is 291 g/mol. The molecule has 0 amide bonds. The first-order valence-electron chi connectivity index (χ1n) is 7.91. The van der Waals surface area contributed by atoms with Gasteiger partial charge in [0.05, 0.1) is 5.57 Å². The second-order valence-electron chi connectivity index (χ2n) is 5.68. The Morgan fingerprint density at radius 2 is 1.86 bits per heavy atom. The molecule has 1 heterocycles. The van der Waals surface area contributed by atoms with E-state index in [0.717, 1.165) is 51.8 Å². The maximum absolute atomic E-state index is 12.7. The first-order chi connectivity index (χ1) is 10.4. The number of hydrogen-bond acceptors (Lipinski definition) is 3. The highest BCUT2D eigenvalue weighted by Gasteiger charge is 2.31. The van der Waals surface area contributed by atoms with E-state index in [1.54, 1.807) is 6.08 Å². The Morgan fingerprint density at radius 3 is 2.36 bits per heavy atom. The summed E-state index contributed by atoms with van der Waals surface area (Å²) in [5.41, 5.74) is -0.579. The van der Waals surface area contributed by atoms with E-state index in [0.29, 0.717) is 0 Å². The molecule has 1 N–H and O–H groups in total. The van der Waals surface area contributed by atoms with Gasteiger partial charge in [-0.2, -0.15) is 13.2 Å². The van der Waals surface area contributed by atoms with Crippen LogP contribution in [0.1, 0.15) is 20.3 Å². The summed E-state index contributed by atoms with van der Waals surface area (Å²) >= 11 is 0. The highest BCUT2D eigenvalue weighted by atomic mass is 19.4. The van der Waals surface area contributed by atoms with Crippen LogP contribution in [0.25, 0.3) is 0 Å². The molecule has 3 nitrogen and oxygen atoms in total. The number of hydrogen-bond donors (Lipinski definition) is 1. The van der Waals surface area contributed by atoms with Crippen molar-refractivity contribution in [3.63, 3.8) is 0 Å². The van der Waals surface area contributed by atoms with Gasteiger partial charge in [-0.1, -0.05) is 18.2 Å². The van der Waals surface area contributed by atoms with Gasteiger partial charge in [0.15, 0.2) is 0 Å². The molecule has 0 aliphatic carbocycles. The average molecular weight is 319 g/mol. The summed E-state index contributed by atoms with van der Waals surface area (Å²) in [6.07, 6.45) is 0.825. The number of halogens is 3. The third-order valence-electron chi connectivity index (χ3n) is 4.08. The third-order valence-corrected chi connectivity index (χ3v) is 4.08. The molecule has 0 radical (unpaired) electrons. The van der Waals surface area contributed by atoms with Gasteiger partial charge in [0.1, 0.15) is 0 Å². The molecule has 0 saturated carbocycles. The molecule has 1 fully saturated rings. The molecule has 128 valence electrons. The van der Waals surface area contributed by atoms with Crippen LogP contribution in [-0.4, -0.2) is 68.3 Å². The summed E-state index contributed by atoms with van der Waals surface area (Å²) in [7, 11) is 1.95. The fourth-order valence-electron chi connectivity index (χ4n) is 2.59. The standard InChI is InChI=1S/C16H28F3N3/c1-4-15(16(17,18)19)7-6-14(2)22-12-10-21(11-13-22)9-5-8-20-3/h4,6-7,14,20H,5,8-13H2,1-3H3/b7-6-,15-4+. The Kier molecular flexibility index (Phi) is 8.14. The van der Waals surface area contributed by atoms with Crippen molar-refractivity contribution in [2.45, 2.75) is 32.5 Å². The maximum Gasteiger partial charge on any atom is 0.416 e. The molecule has 1 unspecified atom stereocenters. The van der Waals surface area contributed by atoms with Gasteiger partial charge in [-0.25, -0.2) is 0 Å². The monoisotopic (exact) mass is 319 g/mol. The Morgan fingerprint density at radius 1 is 1.23 bits per heavy atom. The smallest absolute Gasteiger partial charge is 0.320 e. The number of nitrogens with zero attached hydrogens (tertiary/aromatic N) is 2. The Labute approximate surface area is 131 Å². The number of alkyl halides is 3. The lowest BCUT2D eigenvalue weighted by molar-refractivity contribution is -0.0883. The molecule has 1 atom stereocenters. The van der Waals surface area contributed by atoms with Crippen LogP contribution in [0.3, 0.4) is 0 Å². The number of nitrogens with one attached hydrogen (secondary N) is 1. The van der Waals surface area contributed by atoms with E-state index >= 15 is 0 Å². The fraction of sp³-hybridized carbons (Fsp3) is 0.750. The molecule has 1 aliphatic rings. The molecule has 22 heavy (non-hydrogen) atoms. The molecular formula is C16H28F3N3. The van der Waals surface area contributed by atoms with E-state index in [2.05, 4.69) is 15.1 Å². The van der Waals surface area contributed by atoms with E-state index in [1.165, 1.54) is 13.0 Å². The van der Waals surface area contributed by atoms with E-state index in [9.17, 15) is 13.2 Å². The summed E-state index contributed by atoms with van der Waals surface area (Å²) in [6, 6.07) is 0.0248. The van der Waals surface area contributed by atoms with Crippen molar-refractivity contribution in [1.82, 2.24) is 15.1 Å². The minimum atomic E-state index is -4.27. The number of piperazine rings is 1. The van der Waals surface area contributed by atoms with E-state index in [1.807, 2.05) is 14.0 Å². The molecule has 1 saturated heterocycles. The summed E-state index contributed by atoms with van der Waals surface area (Å²) in [6.45, 7) is 9.25. The number of rotatable bonds is 7. The lowest BCUT2D eigenvalue weighted by atomic mass is 10.1. The average Bonchev–Trinajstić information content (AvgIpc) is 2.47. The normalized spacial score (nSPS) is 20.7. The Balaban J connectivity index is 2.41. The zero-order chi connectivity index (χ0) is 16.6. The summed E-state index contributed by atoms with van der Waals surface area (Å²) < 4.78 is 38.0. The van der Waals surface area contributed by atoms with Crippen LogP contribution in [0, 0.1) is 0 Å². The van der Waals surface area contributed by atoms with Crippen LogP contribution < -0.4 is 5.32 Å². The summed E-state index contributed by atoms with van der Waals surface area (Å²) in [5.74, 6) is 0. The predicted octanol–water partition coefficient (Wildman–Crippen LogP) is 2.67. The van der Waals surface area contributed by atoms with Crippen LogP contribution >= 0.6 is 0 Å². The van der Waals surface area contributed by atoms with Gasteiger partial charge in [-0.05, 0) is 40.4 Å². The van der Waals surface area contributed by atoms with Crippen molar-refractivity contribution >= 4 is 0 Å². The van der Waals surface area contributed by atoms with Crippen LogP contribution in [0.2, 0.25) is 0 Å². The van der Waals surface area contributed by atoms with Crippen molar-refractivity contribution in [3.8, 4) is 0 Å². The lowest BCUT2D eigenvalue weighted by Crippen LogP contribution is -2.49. The number of allylic oxidation sites excluding steroid dienone is 3. The molecule has 0 aromatic heterocycles. The molecule has 6 heteroatoms. The zero-order valence-electron chi connectivity index (χ0n) is 13.8. The van der Waals surface area contributed by atoms with Gasteiger partial charge in [0.2, 0.25) is 0 Å². The predicted molar refractivity (Wildman–Crippen MR) is 85.0 cm³/mol. The van der Waals surface area contributed by atoms with Gasteiger partial charge in [-0.3, -0.25) is 4.90 Å². The van der Waals surface area contributed by atoms with Crippen LogP contribution in [0.15, 0.2) is 23.8 Å². The van der Waals surface area contributed by atoms with Gasteiger partial charge >= 0.3 is 6.18 Å². The molecule has 0 spiro atoms. The minimum absolute atomic E-state index is 0.0248. The molecule has 1 rings (SSSR count). The zero-order valence-corrected chi connectivity index (χ0v) is 13.8. The summed E-state index contributed by atoms with van der Waals surface area (Å²) in [4.78, 5) is 4.64. The highest BCUT2D eigenvalue weighted by molar-refractivity contribution is 5.24. The first kappa shape index (κ1) is 19.2. The molecule has 1 aliphatic heterocycles. The molecule has 0 aromatic carbocycles. The first-order valence-corrected chi connectivity index (χ1v) is 7.91. The highest BCUT2D eigenvalue weighted by Crippen LogP contribution is 2.26. The SMILES string of the molecule is C/C=C(\C=C/C(C)N1CCN(CCCNC)CC1)C(F)(F)F. The Hall–Kier alpha value is -0.850. The quantitative estimate of drug-likeness (QED) is 0.575. The van der Waals surface area contributed by atoms with Crippen LogP contribution in [0.5, 0.6) is 0 Å².